The Morgan fingerprint density at radius 3 is 2.79 bits per heavy atom. The van der Waals surface area contributed by atoms with Crippen molar-refractivity contribution in [2.24, 2.45) is 0 Å². The van der Waals surface area contributed by atoms with Gasteiger partial charge in [0.25, 0.3) is 0 Å². The fourth-order valence-electron chi connectivity index (χ4n) is 4.01. The highest BCUT2D eigenvalue weighted by molar-refractivity contribution is 5.91. The van der Waals surface area contributed by atoms with Crippen LogP contribution in [0.15, 0.2) is 36.7 Å². The summed E-state index contributed by atoms with van der Waals surface area (Å²) in [6, 6.07) is 10.3. The van der Waals surface area contributed by atoms with Gasteiger partial charge in [0.2, 0.25) is 5.91 Å². The van der Waals surface area contributed by atoms with Crippen molar-refractivity contribution in [3.05, 3.63) is 48.0 Å². The van der Waals surface area contributed by atoms with Crippen LogP contribution in [-0.4, -0.2) is 38.7 Å². The Labute approximate surface area is 142 Å². The van der Waals surface area contributed by atoms with Crippen LogP contribution in [-0.2, 0) is 16.8 Å². The largest absolute Gasteiger partial charge is 0.341 e. The van der Waals surface area contributed by atoms with Crippen LogP contribution in [0.3, 0.4) is 0 Å². The summed E-state index contributed by atoms with van der Waals surface area (Å²) in [6.07, 6.45) is 5.87. The van der Waals surface area contributed by atoms with E-state index in [0.29, 0.717) is 11.8 Å². The standard InChI is InChI=1S/C19H24N4O/c1-2-22-14-20-21-17(22)15-7-6-12-23(13-15)18(24)19(10-11-19)16-8-4-3-5-9-16/h3-5,8-9,14-15H,2,6-7,10-13H2,1H3. The van der Waals surface area contributed by atoms with E-state index in [1.165, 1.54) is 5.56 Å². The van der Waals surface area contributed by atoms with Crippen LogP contribution in [0, 0.1) is 0 Å². The smallest absolute Gasteiger partial charge is 0.233 e. The molecule has 4 rings (SSSR count). The first-order valence-corrected chi connectivity index (χ1v) is 8.97. The zero-order valence-corrected chi connectivity index (χ0v) is 14.2. The molecule has 0 bridgehead atoms. The van der Waals surface area contributed by atoms with E-state index in [1.54, 1.807) is 6.33 Å². The van der Waals surface area contributed by atoms with Crippen molar-refractivity contribution in [1.29, 1.82) is 0 Å². The summed E-state index contributed by atoms with van der Waals surface area (Å²) < 4.78 is 2.10. The lowest BCUT2D eigenvalue weighted by Gasteiger charge is -2.35. The molecule has 126 valence electrons. The molecule has 1 aromatic carbocycles. The molecule has 0 N–H and O–H groups in total. The predicted molar refractivity (Wildman–Crippen MR) is 91.6 cm³/mol. The second-order valence-corrected chi connectivity index (χ2v) is 7.01. The number of piperidine rings is 1. The van der Waals surface area contributed by atoms with Crippen LogP contribution in [0.4, 0.5) is 0 Å². The Kier molecular flexibility index (Phi) is 3.87. The number of hydrogen-bond donors (Lipinski definition) is 0. The van der Waals surface area contributed by atoms with Crippen molar-refractivity contribution in [3.8, 4) is 0 Å². The zero-order valence-electron chi connectivity index (χ0n) is 14.2. The molecule has 0 radical (unpaired) electrons. The molecular formula is C19H24N4O. The Balaban J connectivity index is 1.53. The molecule has 0 spiro atoms. The molecule has 1 aliphatic carbocycles. The van der Waals surface area contributed by atoms with E-state index < -0.39 is 0 Å². The van der Waals surface area contributed by atoms with Crippen molar-refractivity contribution < 1.29 is 4.79 Å². The van der Waals surface area contributed by atoms with E-state index in [1.807, 2.05) is 18.2 Å². The quantitative estimate of drug-likeness (QED) is 0.869. The third-order valence-electron chi connectivity index (χ3n) is 5.55. The molecule has 1 aromatic heterocycles. The van der Waals surface area contributed by atoms with E-state index in [4.69, 9.17) is 0 Å². The number of aryl methyl sites for hydroxylation is 1. The highest BCUT2D eigenvalue weighted by atomic mass is 16.2. The highest BCUT2D eigenvalue weighted by Gasteiger charge is 2.53. The average Bonchev–Trinajstić information content (AvgIpc) is 3.32. The lowest BCUT2D eigenvalue weighted by Crippen LogP contribution is -2.45. The van der Waals surface area contributed by atoms with Gasteiger partial charge in [0.1, 0.15) is 12.2 Å². The Morgan fingerprint density at radius 1 is 1.29 bits per heavy atom. The number of aromatic nitrogens is 3. The Morgan fingerprint density at radius 2 is 2.08 bits per heavy atom. The molecule has 2 aromatic rings. The second kappa shape index (κ2) is 6.04. The molecule has 24 heavy (non-hydrogen) atoms. The SMILES string of the molecule is CCn1cnnc1C1CCCN(C(=O)C2(c3ccccc3)CC2)C1. The summed E-state index contributed by atoms with van der Waals surface area (Å²) in [5.74, 6) is 1.64. The number of carbonyl (C=O) groups is 1. The first kappa shape index (κ1) is 15.4. The molecule has 1 unspecified atom stereocenters. The minimum Gasteiger partial charge on any atom is -0.341 e. The van der Waals surface area contributed by atoms with Gasteiger partial charge < -0.3 is 9.47 Å². The molecule has 1 aliphatic heterocycles. The van der Waals surface area contributed by atoms with Crippen molar-refractivity contribution >= 4 is 5.91 Å². The Hall–Kier alpha value is -2.17. The van der Waals surface area contributed by atoms with Crippen molar-refractivity contribution in [3.63, 3.8) is 0 Å². The fourth-order valence-corrected chi connectivity index (χ4v) is 4.01. The van der Waals surface area contributed by atoms with E-state index >= 15 is 0 Å². The molecule has 5 nitrogen and oxygen atoms in total. The number of rotatable bonds is 4. The number of likely N-dealkylation sites (tertiary alicyclic amines) is 1. The monoisotopic (exact) mass is 324 g/mol. The first-order chi connectivity index (χ1) is 11.7. The van der Waals surface area contributed by atoms with Crippen LogP contribution < -0.4 is 0 Å². The van der Waals surface area contributed by atoms with Gasteiger partial charge >= 0.3 is 0 Å². The van der Waals surface area contributed by atoms with E-state index in [-0.39, 0.29) is 5.41 Å². The maximum Gasteiger partial charge on any atom is 0.233 e. The van der Waals surface area contributed by atoms with Gasteiger partial charge in [0.15, 0.2) is 0 Å². The van der Waals surface area contributed by atoms with Crippen LogP contribution in [0.1, 0.15) is 49.9 Å². The van der Waals surface area contributed by atoms with Gasteiger partial charge in [-0.25, -0.2) is 0 Å². The second-order valence-electron chi connectivity index (χ2n) is 7.01. The number of carbonyl (C=O) groups excluding carboxylic acids is 1. The van der Waals surface area contributed by atoms with Gasteiger partial charge in [-0.15, -0.1) is 10.2 Å². The van der Waals surface area contributed by atoms with Gasteiger partial charge in [-0.05, 0) is 38.2 Å². The first-order valence-electron chi connectivity index (χ1n) is 8.97. The predicted octanol–water partition coefficient (Wildman–Crippen LogP) is 2.74. The molecule has 2 heterocycles. The molecular weight excluding hydrogens is 300 g/mol. The molecule has 2 aliphatic rings. The summed E-state index contributed by atoms with van der Waals surface area (Å²) in [5, 5.41) is 8.37. The molecule has 1 amide bonds. The fraction of sp³-hybridized carbons (Fsp3) is 0.526. The molecule has 2 fully saturated rings. The van der Waals surface area contributed by atoms with Gasteiger partial charge in [-0.2, -0.15) is 0 Å². The number of nitrogens with zero attached hydrogens (tertiary/aromatic N) is 4. The average molecular weight is 324 g/mol. The van der Waals surface area contributed by atoms with Crippen molar-refractivity contribution in [1.82, 2.24) is 19.7 Å². The summed E-state index contributed by atoms with van der Waals surface area (Å²) >= 11 is 0. The number of amides is 1. The van der Waals surface area contributed by atoms with Crippen molar-refractivity contribution in [2.75, 3.05) is 13.1 Å². The van der Waals surface area contributed by atoms with Gasteiger partial charge in [0.05, 0.1) is 5.41 Å². The maximum absolute atomic E-state index is 13.2. The molecule has 1 saturated carbocycles. The van der Waals surface area contributed by atoms with Gasteiger partial charge in [-0.3, -0.25) is 4.79 Å². The van der Waals surface area contributed by atoms with Crippen LogP contribution in [0.2, 0.25) is 0 Å². The topological polar surface area (TPSA) is 51.0 Å². The van der Waals surface area contributed by atoms with Crippen LogP contribution in [0.25, 0.3) is 0 Å². The third kappa shape index (κ3) is 2.52. The molecule has 1 saturated heterocycles. The zero-order chi connectivity index (χ0) is 16.6. The summed E-state index contributed by atoms with van der Waals surface area (Å²) in [4.78, 5) is 15.3. The maximum atomic E-state index is 13.2. The van der Waals surface area contributed by atoms with E-state index in [0.717, 1.165) is 51.1 Å². The van der Waals surface area contributed by atoms with E-state index in [2.05, 4.69) is 38.7 Å². The lowest BCUT2D eigenvalue weighted by atomic mass is 9.91. The molecule has 1 atom stereocenters. The number of benzene rings is 1. The van der Waals surface area contributed by atoms with Crippen molar-refractivity contribution in [2.45, 2.75) is 50.5 Å². The van der Waals surface area contributed by atoms with Crippen LogP contribution >= 0.6 is 0 Å². The number of hydrogen-bond acceptors (Lipinski definition) is 3. The Bertz CT molecular complexity index is 720. The van der Waals surface area contributed by atoms with Gasteiger partial charge in [-0.1, -0.05) is 30.3 Å². The molecule has 5 heteroatoms. The summed E-state index contributed by atoms with van der Waals surface area (Å²) in [6.45, 7) is 4.62. The summed E-state index contributed by atoms with van der Waals surface area (Å²) in [5.41, 5.74) is 0.913. The minimum absolute atomic E-state index is 0.262. The minimum atomic E-state index is -0.262. The third-order valence-corrected chi connectivity index (χ3v) is 5.55. The summed E-state index contributed by atoms with van der Waals surface area (Å²) in [7, 11) is 0. The van der Waals surface area contributed by atoms with Gasteiger partial charge in [0, 0.05) is 25.6 Å². The van der Waals surface area contributed by atoms with E-state index in [9.17, 15) is 4.79 Å². The van der Waals surface area contributed by atoms with Crippen LogP contribution in [0.5, 0.6) is 0 Å². The lowest BCUT2D eigenvalue weighted by molar-refractivity contribution is -0.135. The highest BCUT2D eigenvalue weighted by Crippen LogP contribution is 2.50. The normalized spacial score (nSPS) is 22.4.